The first-order valence-electron chi connectivity index (χ1n) is 6.67. The summed E-state index contributed by atoms with van der Waals surface area (Å²) in [5.41, 5.74) is 0.820. The minimum absolute atomic E-state index is 0.103. The topological polar surface area (TPSA) is 84.5 Å². The average molecular weight is 292 g/mol. The monoisotopic (exact) mass is 292 g/mol. The normalized spacial score (nSPS) is 10.1. The van der Waals surface area contributed by atoms with Crippen LogP contribution in [0.25, 0.3) is 0 Å². The smallest absolute Gasteiger partial charge is 0.337 e. The zero-order chi connectivity index (χ0) is 15.8. The molecule has 2 N–H and O–H groups in total. The Labute approximate surface area is 123 Å². The standard InChI is InChI=1S/C15H20N2O4/c1-10(2)7-13(18)16-9-14(19)17-12-6-4-5-11(8-12)15(20)21-3/h4-6,8,10H,7,9H2,1-3H3,(H,16,18)(H,17,19). The molecule has 0 aliphatic heterocycles. The summed E-state index contributed by atoms with van der Waals surface area (Å²) >= 11 is 0. The van der Waals surface area contributed by atoms with Gasteiger partial charge in [-0.1, -0.05) is 19.9 Å². The van der Waals surface area contributed by atoms with Crippen LogP contribution in [0.4, 0.5) is 5.69 Å². The fourth-order valence-corrected chi connectivity index (χ4v) is 1.67. The van der Waals surface area contributed by atoms with Crippen molar-refractivity contribution in [3.63, 3.8) is 0 Å². The number of nitrogens with one attached hydrogen (secondary N) is 2. The number of carbonyl (C=O) groups excluding carboxylic acids is 3. The molecular weight excluding hydrogens is 272 g/mol. The minimum atomic E-state index is -0.476. The molecule has 1 rings (SSSR count). The Bertz CT molecular complexity index is 526. The van der Waals surface area contributed by atoms with Gasteiger partial charge in [0.15, 0.2) is 0 Å². The van der Waals surface area contributed by atoms with Gasteiger partial charge in [0.25, 0.3) is 0 Å². The lowest BCUT2D eigenvalue weighted by atomic mass is 10.1. The molecule has 0 aliphatic rings. The number of rotatable bonds is 6. The Kier molecular flexibility index (Phi) is 6.39. The number of ether oxygens (including phenoxy) is 1. The average Bonchev–Trinajstić information content (AvgIpc) is 2.44. The van der Waals surface area contributed by atoms with Crippen LogP contribution in [0.1, 0.15) is 30.6 Å². The zero-order valence-corrected chi connectivity index (χ0v) is 12.4. The van der Waals surface area contributed by atoms with Crippen molar-refractivity contribution >= 4 is 23.5 Å². The third-order valence-corrected chi connectivity index (χ3v) is 2.61. The van der Waals surface area contributed by atoms with Gasteiger partial charge in [0.2, 0.25) is 11.8 Å². The number of benzene rings is 1. The van der Waals surface area contributed by atoms with Crippen LogP contribution in [0.15, 0.2) is 24.3 Å². The molecule has 0 spiro atoms. The summed E-state index contributed by atoms with van der Waals surface area (Å²) in [6, 6.07) is 6.39. The Morgan fingerprint density at radius 1 is 1.19 bits per heavy atom. The van der Waals surface area contributed by atoms with Crippen LogP contribution < -0.4 is 10.6 Å². The van der Waals surface area contributed by atoms with E-state index in [1.165, 1.54) is 13.2 Å². The van der Waals surface area contributed by atoms with Crippen LogP contribution in [0.5, 0.6) is 0 Å². The number of hydrogen-bond donors (Lipinski definition) is 2. The van der Waals surface area contributed by atoms with Gasteiger partial charge in [0.1, 0.15) is 0 Å². The molecule has 6 heteroatoms. The summed E-state index contributed by atoms with van der Waals surface area (Å²) in [4.78, 5) is 34.5. The maximum Gasteiger partial charge on any atom is 0.337 e. The molecule has 0 saturated heterocycles. The van der Waals surface area contributed by atoms with Crippen LogP contribution in [0, 0.1) is 5.92 Å². The quantitative estimate of drug-likeness (QED) is 0.780. The number of esters is 1. The van der Waals surface area contributed by atoms with E-state index in [9.17, 15) is 14.4 Å². The van der Waals surface area contributed by atoms with E-state index in [1.54, 1.807) is 18.2 Å². The van der Waals surface area contributed by atoms with Crippen molar-refractivity contribution in [2.45, 2.75) is 20.3 Å². The Balaban J connectivity index is 2.51. The predicted molar refractivity (Wildman–Crippen MR) is 78.9 cm³/mol. The fourth-order valence-electron chi connectivity index (χ4n) is 1.67. The van der Waals surface area contributed by atoms with Crippen molar-refractivity contribution in [2.75, 3.05) is 19.0 Å². The van der Waals surface area contributed by atoms with Gasteiger partial charge in [0, 0.05) is 12.1 Å². The third-order valence-electron chi connectivity index (χ3n) is 2.61. The summed E-state index contributed by atoms with van der Waals surface area (Å²) < 4.78 is 4.60. The highest BCUT2D eigenvalue weighted by atomic mass is 16.5. The number of hydrogen-bond acceptors (Lipinski definition) is 4. The molecule has 0 saturated carbocycles. The minimum Gasteiger partial charge on any atom is -0.465 e. The van der Waals surface area contributed by atoms with E-state index in [4.69, 9.17) is 0 Å². The van der Waals surface area contributed by atoms with E-state index < -0.39 is 5.97 Å². The van der Waals surface area contributed by atoms with Gasteiger partial charge in [0.05, 0.1) is 19.2 Å². The Hall–Kier alpha value is -2.37. The lowest BCUT2D eigenvalue weighted by Gasteiger charge is -2.09. The summed E-state index contributed by atoms with van der Waals surface area (Å²) in [6.07, 6.45) is 0.380. The molecule has 0 fully saturated rings. The Morgan fingerprint density at radius 2 is 1.90 bits per heavy atom. The summed E-state index contributed by atoms with van der Waals surface area (Å²) in [7, 11) is 1.29. The molecule has 0 heterocycles. The largest absolute Gasteiger partial charge is 0.465 e. The van der Waals surface area contributed by atoms with Crippen LogP contribution in [0.3, 0.4) is 0 Å². The number of anilines is 1. The van der Waals surface area contributed by atoms with Gasteiger partial charge in [-0.25, -0.2) is 4.79 Å². The molecule has 1 aromatic carbocycles. The fraction of sp³-hybridized carbons (Fsp3) is 0.400. The van der Waals surface area contributed by atoms with Crippen LogP contribution in [-0.2, 0) is 14.3 Å². The molecule has 0 aliphatic carbocycles. The number of methoxy groups -OCH3 is 1. The SMILES string of the molecule is COC(=O)c1cccc(NC(=O)CNC(=O)CC(C)C)c1. The molecule has 0 unspecified atom stereocenters. The third kappa shape index (κ3) is 6.07. The second-order valence-electron chi connectivity index (χ2n) is 5.00. The molecule has 0 aromatic heterocycles. The number of amides is 2. The van der Waals surface area contributed by atoms with Gasteiger partial charge in [-0.15, -0.1) is 0 Å². The van der Waals surface area contributed by atoms with Gasteiger partial charge in [-0.3, -0.25) is 9.59 Å². The zero-order valence-electron chi connectivity index (χ0n) is 12.4. The molecule has 0 atom stereocenters. The van der Waals surface area contributed by atoms with E-state index in [-0.39, 0.29) is 24.3 Å². The number of carbonyl (C=O) groups is 3. The summed E-state index contributed by atoms with van der Waals surface area (Å²) in [5.74, 6) is -0.751. The lowest BCUT2D eigenvalue weighted by Crippen LogP contribution is -2.33. The predicted octanol–water partition coefficient (Wildman–Crippen LogP) is 1.57. The second-order valence-corrected chi connectivity index (χ2v) is 5.00. The molecule has 21 heavy (non-hydrogen) atoms. The summed E-state index contributed by atoms with van der Waals surface area (Å²) in [5, 5.41) is 5.15. The van der Waals surface area contributed by atoms with Gasteiger partial charge < -0.3 is 15.4 Å². The summed E-state index contributed by atoms with van der Waals surface area (Å²) in [6.45, 7) is 3.75. The van der Waals surface area contributed by atoms with Crippen molar-refractivity contribution in [1.82, 2.24) is 5.32 Å². The molecule has 0 bridgehead atoms. The van der Waals surface area contributed by atoms with Gasteiger partial charge in [-0.05, 0) is 24.1 Å². The molecule has 6 nitrogen and oxygen atoms in total. The second kappa shape index (κ2) is 8.04. The van der Waals surface area contributed by atoms with Crippen molar-refractivity contribution in [3.8, 4) is 0 Å². The molecular formula is C15H20N2O4. The lowest BCUT2D eigenvalue weighted by molar-refractivity contribution is -0.124. The van der Waals surface area contributed by atoms with Crippen LogP contribution in [-0.4, -0.2) is 31.4 Å². The first-order chi connectivity index (χ1) is 9.92. The maximum absolute atomic E-state index is 11.7. The first-order valence-corrected chi connectivity index (χ1v) is 6.67. The van der Waals surface area contributed by atoms with Crippen LogP contribution >= 0.6 is 0 Å². The van der Waals surface area contributed by atoms with Crippen molar-refractivity contribution in [1.29, 1.82) is 0 Å². The van der Waals surface area contributed by atoms with Crippen molar-refractivity contribution < 1.29 is 19.1 Å². The van der Waals surface area contributed by atoms with Crippen molar-refractivity contribution in [3.05, 3.63) is 29.8 Å². The van der Waals surface area contributed by atoms with E-state index >= 15 is 0 Å². The molecule has 0 radical (unpaired) electrons. The highest BCUT2D eigenvalue weighted by Crippen LogP contribution is 2.11. The highest BCUT2D eigenvalue weighted by Gasteiger charge is 2.09. The molecule has 114 valence electrons. The van der Waals surface area contributed by atoms with Gasteiger partial charge >= 0.3 is 5.97 Å². The van der Waals surface area contributed by atoms with E-state index in [0.29, 0.717) is 17.7 Å². The Morgan fingerprint density at radius 3 is 2.52 bits per heavy atom. The van der Waals surface area contributed by atoms with Crippen molar-refractivity contribution in [2.24, 2.45) is 5.92 Å². The van der Waals surface area contributed by atoms with E-state index in [0.717, 1.165) is 0 Å². The highest BCUT2D eigenvalue weighted by molar-refractivity contribution is 5.96. The van der Waals surface area contributed by atoms with Crippen LogP contribution in [0.2, 0.25) is 0 Å². The van der Waals surface area contributed by atoms with E-state index in [1.807, 2.05) is 13.8 Å². The van der Waals surface area contributed by atoms with E-state index in [2.05, 4.69) is 15.4 Å². The molecule has 2 amide bonds. The maximum atomic E-state index is 11.7. The first kappa shape index (κ1) is 16.7. The van der Waals surface area contributed by atoms with Gasteiger partial charge in [-0.2, -0.15) is 0 Å². The molecule has 1 aromatic rings.